The Balaban J connectivity index is 2.15. The van der Waals surface area contributed by atoms with Crippen molar-refractivity contribution >= 4 is 28.2 Å². The molecule has 0 aliphatic carbocycles. The molecule has 6 heteroatoms. The molecule has 1 aliphatic heterocycles. The van der Waals surface area contributed by atoms with E-state index in [9.17, 15) is 9.59 Å². The smallest absolute Gasteiger partial charge is 0.251 e. The Morgan fingerprint density at radius 3 is 2.95 bits per heavy atom. The Labute approximate surface area is 116 Å². The molecular weight excluding hydrogens is 262 g/mol. The molecule has 2 rings (SSSR count). The van der Waals surface area contributed by atoms with Crippen LogP contribution in [0.4, 0.5) is 5.00 Å². The van der Waals surface area contributed by atoms with E-state index < -0.39 is 5.91 Å². The van der Waals surface area contributed by atoms with Gasteiger partial charge in [-0.05, 0) is 30.8 Å². The number of rotatable bonds is 5. The van der Waals surface area contributed by atoms with Crippen LogP contribution in [0.2, 0.25) is 0 Å². The minimum atomic E-state index is -0.509. The third-order valence-corrected chi connectivity index (χ3v) is 4.44. The van der Waals surface area contributed by atoms with E-state index in [1.54, 1.807) is 11.4 Å². The van der Waals surface area contributed by atoms with Gasteiger partial charge in [0.15, 0.2) is 0 Å². The number of primary amides is 1. The van der Waals surface area contributed by atoms with E-state index >= 15 is 0 Å². The highest BCUT2D eigenvalue weighted by Crippen LogP contribution is 2.34. The van der Waals surface area contributed by atoms with Gasteiger partial charge in [-0.15, -0.1) is 11.3 Å². The summed E-state index contributed by atoms with van der Waals surface area (Å²) in [7, 11) is 0. The van der Waals surface area contributed by atoms with E-state index in [-0.39, 0.29) is 11.3 Å². The van der Waals surface area contributed by atoms with Crippen LogP contribution in [-0.2, 0) is 4.79 Å². The van der Waals surface area contributed by atoms with E-state index in [1.807, 2.05) is 0 Å². The zero-order valence-corrected chi connectivity index (χ0v) is 11.8. The molecule has 1 fully saturated rings. The van der Waals surface area contributed by atoms with Crippen LogP contribution in [0.3, 0.4) is 0 Å². The van der Waals surface area contributed by atoms with Gasteiger partial charge in [0.2, 0.25) is 5.91 Å². The number of nitrogens with one attached hydrogen (secondary N) is 2. The summed E-state index contributed by atoms with van der Waals surface area (Å²) < 4.78 is 0. The summed E-state index contributed by atoms with van der Waals surface area (Å²) in [4.78, 5) is 23.8. The largest absolute Gasteiger partial charge is 0.366 e. The number of hydrogen-bond acceptors (Lipinski definition) is 4. The van der Waals surface area contributed by atoms with Gasteiger partial charge in [-0.2, -0.15) is 0 Å². The van der Waals surface area contributed by atoms with Crippen molar-refractivity contribution in [2.24, 2.45) is 11.1 Å². The maximum absolute atomic E-state index is 12.5. The average Bonchev–Trinajstić information content (AvgIpc) is 2.99. The predicted octanol–water partition coefficient (Wildman–Crippen LogP) is 1.57. The lowest BCUT2D eigenvalue weighted by atomic mass is 9.81. The number of carbonyl (C=O) groups is 2. The summed E-state index contributed by atoms with van der Waals surface area (Å²) in [6, 6.07) is 1.64. The maximum Gasteiger partial charge on any atom is 0.251 e. The second kappa shape index (κ2) is 5.71. The molecule has 1 aliphatic rings. The monoisotopic (exact) mass is 281 g/mol. The SMILES string of the molecule is CCCC1(C(=O)Nc2sccc2C(N)=O)CCNC1. The number of anilines is 1. The zero-order valence-electron chi connectivity index (χ0n) is 11.0. The van der Waals surface area contributed by atoms with Gasteiger partial charge < -0.3 is 16.4 Å². The molecule has 1 unspecified atom stereocenters. The van der Waals surface area contributed by atoms with Crippen LogP contribution >= 0.6 is 11.3 Å². The Hall–Kier alpha value is -1.40. The van der Waals surface area contributed by atoms with Crippen LogP contribution < -0.4 is 16.4 Å². The van der Waals surface area contributed by atoms with Gasteiger partial charge in [0.25, 0.3) is 5.91 Å². The first-order chi connectivity index (χ1) is 9.09. The first-order valence-corrected chi connectivity index (χ1v) is 7.36. The van der Waals surface area contributed by atoms with Crippen LogP contribution in [0.25, 0.3) is 0 Å². The van der Waals surface area contributed by atoms with Crippen LogP contribution in [-0.4, -0.2) is 24.9 Å². The number of nitrogens with two attached hydrogens (primary N) is 1. The van der Waals surface area contributed by atoms with Crippen molar-refractivity contribution in [3.63, 3.8) is 0 Å². The maximum atomic E-state index is 12.5. The summed E-state index contributed by atoms with van der Waals surface area (Å²) in [5.41, 5.74) is 5.32. The van der Waals surface area contributed by atoms with Gasteiger partial charge >= 0.3 is 0 Å². The molecule has 104 valence electrons. The van der Waals surface area contributed by atoms with E-state index in [0.717, 1.165) is 25.8 Å². The van der Waals surface area contributed by atoms with Crippen molar-refractivity contribution < 1.29 is 9.59 Å². The molecule has 2 heterocycles. The highest BCUT2D eigenvalue weighted by molar-refractivity contribution is 7.14. The second-order valence-electron chi connectivity index (χ2n) is 4.94. The third kappa shape index (κ3) is 2.79. The molecular formula is C13H19N3O2S. The van der Waals surface area contributed by atoms with E-state index in [2.05, 4.69) is 17.6 Å². The lowest BCUT2D eigenvalue weighted by Crippen LogP contribution is -2.38. The van der Waals surface area contributed by atoms with Crippen molar-refractivity contribution in [2.45, 2.75) is 26.2 Å². The number of carbonyl (C=O) groups excluding carboxylic acids is 2. The molecule has 0 saturated carbocycles. The minimum absolute atomic E-state index is 0.00991. The van der Waals surface area contributed by atoms with E-state index in [4.69, 9.17) is 5.73 Å². The van der Waals surface area contributed by atoms with Crippen molar-refractivity contribution in [3.8, 4) is 0 Å². The lowest BCUT2D eigenvalue weighted by molar-refractivity contribution is -0.125. The van der Waals surface area contributed by atoms with Crippen molar-refractivity contribution in [3.05, 3.63) is 17.0 Å². The minimum Gasteiger partial charge on any atom is -0.366 e. The van der Waals surface area contributed by atoms with Crippen LogP contribution in [0.15, 0.2) is 11.4 Å². The molecule has 4 N–H and O–H groups in total. The molecule has 2 amide bonds. The predicted molar refractivity (Wildman–Crippen MR) is 76.3 cm³/mol. The van der Waals surface area contributed by atoms with Crippen molar-refractivity contribution in [2.75, 3.05) is 18.4 Å². The number of hydrogen-bond donors (Lipinski definition) is 3. The Kier molecular flexibility index (Phi) is 4.21. The molecule has 0 bridgehead atoms. The summed E-state index contributed by atoms with van der Waals surface area (Å²) >= 11 is 1.33. The summed E-state index contributed by atoms with van der Waals surface area (Å²) in [6.45, 7) is 3.64. The fourth-order valence-electron chi connectivity index (χ4n) is 2.58. The van der Waals surface area contributed by atoms with E-state index in [0.29, 0.717) is 17.1 Å². The van der Waals surface area contributed by atoms with Gasteiger partial charge in [0, 0.05) is 6.54 Å². The normalized spacial score (nSPS) is 22.4. The molecule has 5 nitrogen and oxygen atoms in total. The van der Waals surface area contributed by atoms with Crippen molar-refractivity contribution in [1.82, 2.24) is 5.32 Å². The quantitative estimate of drug-likeness (QED) is 0.766. The molecule has 0 radical (unpaired) electrons. The van der Waals surface area contributed by atoms with Gasteiger partial charge in [-0.25, -0.2) is 0 Å². The molecule has 1 aromatic rings. The average molecular weight is 281 g/mol. The lowest BCUT2D eigenvalue weighted by Gasteiger charge is -2.26. The van der Waals surface area contributed by atoms with Gasteiger partial charge in [0.05, 0.1) is 11.0 Å². The highest BCUT2D eigenvalue weighted by Gasteiger charge is 2.40. The first kappa shape index (κ1) is 14.0. The van der Waals surface area contributed by atoms with Gasteiger partial charge in [-0.3, -0.25) is 9.59 Å². The summed E-state index contributed by atoms with van der Waals surface area (Å²) in [6.07, 6.45) is 2.65. The fourth-order valence-corrected chi connectivity index (χ4v) is 3.37. The summed E-state index contributed by atoms with van der Waals surface area (Å²) in [5.74, 6) is -0.519. The Morgan fingerprint density at radius 2 is 2.37 bits per heavy atom. The standard InChI is InChI=1S/C13H19N3O2S/c1-2-4-13(5-6-15-8-13)12(18)16-11-9(10(14)17)3-7-19-11/h3,7,15H,2,4-6,8H2,1H3,(H2,14,17)(H,16,18). The molecule has 19 heavy (non-hydrogen) atoms. The second-order valence-corrected chi connectivity index (χ2v) is 5.85. The molecule has 1 atom stereocenters. The molecule has 0 spiro atoms. The zero-order chi connectivity index (χ0) is 13.9. The Bertz CT molecular complexity index is 478. The van der Waals surface area contributed by atoms with Crippen LogP contribution in [0.5, 0.6) is 0 Å². The van der Waals surface area contributed by atoms with Crippen LogP contribution in [0.1, 0.15) is 36.5 Å². The summed E-state index contributed by atoms with van der Waals surface area (Å²) in [5, 5.41) is 8.44. The molecule has 0 aromatic carbocycles. The topological polar surface area (TPSA) is 84.2 Å². The number of thiophene rings is 1. The van der Waals surface area contributed by atoms with E-state index in [1.165, 1.54) is 11.3 Å². The van der Waals surface area contributed by atoms with Gasteiger partial charge in [-0.1, -0.05) is 13.3 Å². The van der Waals surface area contributed by atoms with Crippen molar-refractivity contribution in [1.29, 1.82) is 0 Å². The highest BCUT2D eigenvalue weighted by atomic mass is 32.1. The van der Waals surface area contributed by atoms with Gasteiger partial charge in [0.1, 0.15) is 5.00 Å². The number of amides is 2. The fraction of sp³-hybridized carbons (Fsp3) is 0.538. The van der Waals surface area contributed by atoms with Crippen LogP contribution in [0, 0.1) is 5.41 Å². The first-order valence-electron chi connectivity index (χ1n) is 6.48. The molecule has 1 saturated heterocycles. The molecule has 1 aromatic heterocycles. The third-order valence-electron chi connectivity index (χ3n) is 3.61. The Morgan fingerprint density at radius 1 is 1.58 bits per heavy atom.